The van der Waals surface area contributed by atoms with Gasteiger partial charge in [0.2, 0.25) is 0 Å². The van der Waals surface area contributed by atoms with Gasteiger partial charge in [0.1, 0.15) is 5.75 Å². The number of aromatic hydroxyl groups is 1. The molecule has 0 aromatic heterocycles. The van der Waals surface area contributed by atoms with Crippen LogP contribution in [0.5, 0.6) is 5.75 Å². The van der Waals surface area contributed by atoms with Gasteiger partial charge in [0.15, 0.2) is 5.78 Å². The van der Waals surface area contributed by atoms with Crippen LogP contribution in [0.1, 0.15) is 31.8 Å². The number of aryl methyl sites for hydroxylation is 1. The fraction of sp³-hybridized carbons (Fsp3) is 0.0476. The zero-order valence-electron chi connectivity index (χ0n) is 14.9. The van der Waals surface area contributed by atoms with Crippen molar-refractivity contribution in [3.63, 3.8) is 0 Å². The van der Waals surface area contributed by atoms with E-state index in [4.69, 9.17) is 34.8 Å². The molecule has 1 amide bonds. The summed E-state index contributed by atoms with van der Waals surface area (Å²) in [6, 6.07) is 12.6. The number of anilines is 1. The predicted octanol–water partition coefficient (Wildman–Crippen LogP) is 6.91. The summed E-state index contributed by atoms with van der Waals surface area (Å²) in [6.45, 7) is 1.91. The van der Waals surface area contributed by atoms with Crippen molar-refractivity contribution >= 4 is 68.1 Å². The summed E-state index contributed by atoms with van der Waals surface area (Å²) in [6.07, 6.45) is 0. The minimum atomic E-state index is -0.663. The highest BCUT2D eigenvalue weighted by Gasteiger charge is 2.20. The van der Waals surface area contributed by atoms with Gasteiger partial charge < -0.3 is 10.4 Å². The number of phenols is 1. The van der Waals surface area contributed by atoms with E-state index in [2.05, 4.69) is 21.2 Å². The molecule has 0 bridgehead atoms. The summed E-state index contributed by atoms with van der Waals surface area (Å²) in [5.41, 5.74) is 1.67. The molecule has 2 N–H and O–H groups in total. The second-order valence-corrected chi connectivity index (χ2v) is 8.35. The van der Waals surface area contributed by atoms with Gasteiger partial charge in [0.05, 0.1) is 20.7 Å². The van der Waals surface area contributed by atoms with Gasteiger partial charge in [-0.2, -0.15) is 0 Å². The number of benzene rings is 3. The molecule has 148 valence electrons. The molecule has 0 atom stereocenters. The average molecular weight is 514 g/mol. The van der Waals surface area contributed by atoms with Gasteiger partial charge in [-0.15, -0.1) is 0 Å². The van der Waals surface area contributed by atoms with E-state index < -0.39 is 5.91 Å². The number of phenolic OH excluding ortho intramolecular Hbond substituents is 1. The van der Waals surface area contributed by atoms with E-state index in [1.54, 1.807) is 12.1 Å². The maximum absolute atomic E-state index is 12.9. The summed E-state index contributed by atoms with van der Waals surface area (Å²) in [5.74, 6) is -1.27. The molecule has 29 heavy (non-hydrogen) atoms. The van der Waals surface area contributed by atoms with Gasteiger partial charge in [0, 0.05) is 21.2 Å². The third-order valence-corrected chi connectivity index (χ3v) is 5.56. The van der Waals surface area contributed by atoms with Gasteiger partial charge >= 0.3 is 0 Å². The fourth-order valence-corrected chi connectivity index (χ4v) is 3.91. The number of halogens is 4. The van der Waals surface area contributed by atoms with E-state index in [1.165, 1.54) is 24.3 Å². The Morgan fingerprint density at radius 1 is 0.931 bits per heavy atom. The molecular weight excluding hydrogens is 500 g/mol. The largest absolute Gasteiger partial charge is 0.506 e. The first-order valence-electron chi connectivity index (χ1n) is 8.27. The smallest absolute Gasteiger partial charge is 0.259 e. The lowest BCUT2D eigenvalue weighted by Crippen LogP contribution is -2.14. The van der Waals surface area contributed by atoms with E-state index >= 15 is 0 Å². The summed E-state index contributed by atoms with van der Waals surface area (Å²) >= 11 is 21.6. The van der Waals surface area contributed by atoms with Gasteiger partial charge in [-0.05, 0) is 47.1 Å². The molecule has 0 heterocycles. The van der Waals surface area contributed by atoms with Crippen LogP contribution in [0.2, 0.25) is 15.1 Å². The molecule has 0 aliphatic rings. The zero-order chi connectivity index (χ0) is 21.3. The van der Waals surface area contributed by atoms with Gasteiger partial charge in [0.25, 0.3) is 5.91 Å². The minimum Gasteiger partial charge on any atom is -0.506 e. The van der Waals surface area contributed by atoms with Crippen LogP contribution in [-0.2, 0) is 0 Å². The van der Waals surface area contributed by atoms with Gasteiger partial charge in [-0.3, -0.25) is 9.59 Å². The number of nitrogens with one attached hydrogen (secondary N) is 1. The molecule has 0 aliphatic heterocycles. The monoisotopic (exact) mass is 511 g/mol. The number of rotatable bonds is 4. The molecule has 3 aromatic rings. The molecule has 0 radical (unpaired) electrons. The van der Waals surface area contributed by atoms with E-state index in [-0.39, 0.29) is 47.9 Å². The zero-order valence-corrected chi connectivity index (χ0v) is 18.7. The van der Waals surface area contributed by atoms with E-state index in [9.17, 15) is 14.7 Å². The van der Waals surface area contributed by atoms with Crippen molar-refractivity contribution in [3.8, 4) is 5.75 Å². The molecule has 8 heteroatoms. The fourth-order valence-electron chi connectivity index (χ4n) is 2.63. The predicted molar refractivity (Wildman–Crippen MR) is 120 cm³/mol. The van der Waals surface area contributed by atoms with Crippen LogP contribution in [0.25, 0.3) is 0 Å². The third-order valence-electron chi connectivity index (χ3n) is 4.12. The van der Waals surface area contributed by atoms with Crippen LogP contribution in [0, 0.1) is 6.92 Å². The number of hydrogen-bond donors (Lipinski definition) is 2. The van der Waals surface area contributed by atoms with Crippen LogP contribution in [-0.4, -0.2) is 16.8 Å². The standard InChI is InChI=1S/C21H13BrCl3NO3/c1-10-2-4-11(5-3-10)19(27)14-6-13(24)9-17(18(14)25)26-21(29)15-7-12(23)8-16(22)20(15)28/h2-9,28H,1H3,(H,26,29). The Morgan fingerprint density at radius 2 is 1.52 bits per heavy atom. The molecule has 0 saturated carbocycles. The number of hydrogen-bond acceptors (Lipinski definition) is 3. The molecule has 0 saturated heterocycles. The molecule has 0 aliphatic carbocycles. The van der Waals surface area contributed by atoms with Crippen molar-refractivity contribution in [2.45, 2.75) is 6.92 Å². The van der Waals surface area contributed by atoms with E-state index in [0.717, 1.165) is 5.56 Å². The molecule has 0 spiro atoms. The highest BCUT2D eigenvalue weighted by molar-refractivity contribution is 9.10. The van der Waals surface area contributed by atoms with Crippen molar-refractivity contribution in [2.75, 3.05) is 5.32 Å². The number of carbonyl (C=O) groups excluding carboxylic acids is 2. The molecule has 3 aromatic carbocycles. The second-order valence-electron chi connectivity index (χ2n) is 6.25. The maximum Gasteiger partial charge on any atom is 0.259 e. The summed E-state index contributed by atoms with van der Waals surface area (Å²) in [5, 5.41) is 13.2. The number of carbonyl (C=O) groups is 2. The highest BCUT2D eigenvalue weighted by atomic mass is 79.9. The maximum atomic E-state index is 12.9. The Kier molecular flexibility index (Phi) is 6.54. The summed E-state index contributed by atoms with van der Waals surface area (Å²) in [4.78, 5) is 25.5. The number of amides is 1. The Bertz CT molecular complexity index is 1130. The number of ketones is 1. The first-order valence-corrected chi connectivity index (χ1v) is 10.2. The van der Waals surface area contributed by atoms with Crippen LogP contribution < -0.4 is 5.32 Å². The van der Waals surface area contributed by atoms with Crippen molar-refractivity contribution < 1.29 is 14.7 Å². The Hall–Kier alpha value is -2.05. The van der Waals surface area contributed by atoms with Crippen molar-refractivity contribution in [1.29, 1.82) is 0 Å². The van der Waals surface area contributed by atoms with E-state index in [0.29, 0.717) is 5.56 Å². The van der Waals surface area contributed by atoms with Gasteiger partial charge in [-0.1, -0.05) is 64.6 Å². The lowest BCUT2D eigenvalue weighted by molar-refractivity contribution is 0.101. The van der Waals surface area contributed by atoms with Crippen LogP contribution >= 0.6 is 50.7 Å². The molecule has 0 fully saturated rings. The Labute approximate surface area is 190 Å². The first kappa shape index (κ1) is 21.7. The first-order chi connectivity index (χ1) is 13.7. The normalized spacial score (nSPS) is 10.7. The van der Waals surface area contributed by atoms with Crippen LogP contribution in [0.3, 0.4) is 0 Å². The third kappa shape index (κ3) is 4.75. The minimum absolute atomic E-state index is 0.0360. The van der Waals surface area contributed by atoms with Crippen molar-refractivity contribution in [2.24, 2.45) is 0 Å². The van der Waals surface area contributed by atoms with E-state index in [1.807, 2.05) is 19.1 Å². The Balaban J connectivity index is 1.98. The van der Waals surface area contributed by atoms with Crippen molar-refractivity contribution in [1.82, 2.24) is 0 Å². The quantitative estimate of drug-likeness (QED) is 0.373. The summed E-state index contributed by atoms with van der Waals surface area (Å²) < 4.78 is 0.266. The van der Waals surface area contributed by atoms with Crippen LogP contribution in [0.4, 0.5) is 5.69 Å². The lowest BCUT2D eigenvalue weighted by Gasteiger charge is -2.13. The second kappa shape index (κ2) is 8.76. The average Bonchev–Trinajstić information content (AvgIpc) is 2.67. The van der Waals surface area contributed by atoms with Crippen molar-refractivity contribution in [3.05, 3.63) is 90.3 Å². The molecular formula is C21H13BrCl3NO3. The Morgan fingerprint density at radius 3 is 2.17 bits per heavy atom. The van der Waals surface area contributed by atoms with Gasteiger partial charge in [-0.25, -0.2) is 0 Å². The molecule has 0 unspecified atom stereocenters. The molecule has 3 rings (SSSR count). The highest BCUT2D eigenvalue weighted by Crippen LogP contribution is 2.35. The lowest BCUT2D eigenvalue weighted by atomic mass is 10.0. The SMILES string of the molecule is Cc1ccc(C(=O)c2cc(Cl)cc(NC(=O)c3cc(Cl)cc(Br)c3O)c2Cl)cc1. The molecule has 4 nitrogen and oxygen atoms in total. The summed E-state index contributed by atoms with van der Waals surface area (Å²) in [7, 11) is 0. The topological polar surface area (TPSA) is 66.4 Å². The van der Waals surface area contributed by atoms with Crippen LogP contribution in [0.15, 0.2) is 53.0 Å².